The van der Waals surface area contributed by atoms with E-state index < -0.39 is 0 Å². The lowest BCUT2D eigenvalue weighted by molar-refractivity contribution is 0.100. The highest BCUT2D eigenvalue weighted by Crippen LogP contribution is 2.19. The standard InChI is InChI=1S/C18H28N2O3/c1-15(2)19(10-11-21)12-17-8-9-20(13-17)18(22)23-14-16-6-4-3-5-7-16/h3-7,15,17,21H,8-14H2,1-2H3/t17-/m0/s1. The molecular weight excluding hydrogens is 292 g/mol. The number of nitrogens with zero attached hydrogens (tertiary/aromatic N) is 2. The number of carbonyl (C=O) groups is 1. The van der Waals surface area contributed by atoms with Gasteiger partial charge < -0.3 is 14.7 Å². The van der Waals surface area contributed by atoms with Crippen LogP contribution in [0.1, 0.15) is 25.8 Å². The Kier molecular flexibility index (Phi) is 6.86. The molecule has 1 fully saturated rings. The number of hydrogen-bond acceptors (Lipinski definition) is 4. The Bertz CT molecular complexity index is 478. The Morgan fingerprint density at radius 2 is 2.13 bits per heavy atom. The maximum absolute atomic E-state index is 12.2. The van der Waals surface area contributed by atoms with Gasteiger partial charge in [-0.15, -0.1) is 0 Å². The number of hydrogen-bond donors (Lipinski definition) is 1. The average molecular weight is 320 g/mol. The molecule has 1 atom stereocenters. The molecule has 1 amide bonds. The van der Waals surface area contributed by atoms with Crippen LogP contribution in [0.2, 0.25) is 0 Å². The number of aliphatic hydroxyl groups excluding tert-OH is 1. The van der Waals surface area contributed by atoms with Crippen molar-refractivity contribution in [1.29, 1.82) is 0 Å². The van der Waals surface area contributed by atoms with Gasteiger partial charge >= 0.3 is 6.09 Å². The van der Waals surface area contributed by atoms with Gasteiger partial charge in [0.1, 0.15) is 6.61 Å². The van der Waals surface area contributed by atoms with Crippen LogP contribution in [0.15, 0.2) is 30.3 Å². The lowest BCUT2D eigenvalue weighted by Crippen LogP contribution is -2.38. The predicted molar refractivity (Wildman–Crippen MR) is 90.1 cm³/mol. The summed E-state index contributed by atoms with van der Waals surface area (Å²) >= 11 is 0. The van der Waals surface area contributed by atoms with Crippen LogP contribution in [0.25, 0.3) is 0 Å². The molecule has 0 radical (unpaired) electrons. The molecule has 0 unspecified atom stereocenters. The van der Waals surface area contributed by atoms with Crippen molar-refractivity contribution in [3.05, 3.63) is 35.9 Å². The molecular formula is C18H28N2O3. The van der Waals surface area contributed by atoms with E-state index in [0.717, 1.165) is 31.6 Å². The maximum Gasteiger partial charge on any atom is 0.410 e. The molecule has 1 aliphatic rings. The van der Waals surface area contributed by atoms with Crippen LogP contribution in [-0.2, 0) is 11.3 Å². The van der Waals surface area contributed by atoms with Gasteiger partial charge in [-0.25, -0.2) is 4.79 Å². The fourth-order valence-corrected chi connectivity index (χ4v) is 2.98. The molecule has 5 nitrogen and oxygen atoms in total. The van der Waals surface area contributed by atoms with Crippen LogP contribution in [0, 0.1) is 5.92 Å². The van der Waals surface area contributed by atoms with E-state index in [1.54, 1.807) is 4.90 Å². The minimum Gasteiger partial charge on any atom is -0.445 e. The number of ether oxygens (including phenoxy) is 1. The maximum atomic E-state index is 12.2. The van der Waals surface area contributed by atoms with Crippen LogP contribution >= 0.6 is 0 Å². The first-order chi connectivity index (χ1) is 11.1. The Hall–Kier alpha value is -1.59. The van der Waals surface area contributed by atoms with Crippen molar-refractivity contribution in [2.24, 2.45) is 5.92 Å². The summed E-state index contributed by atoms with van der Waals surface area (Å²) in [6, 6.07) is 10.1. The molecule has 0 aromatic heterocycles. The quantitative estimate of drug-likeness (QED) is 0.838. The van der Waals surface area contributed by atoms with Gasteiger partial charge in [0.15, 0.2) is 0 Å². The molecule has 0 saturated carbocycles. The van der Waals surface area contributed by atoms with Crippen LogP contribution in [0.5, 0.6) is 0 Å². The van der Waals surface area contributed by atoms with Gasteiger partial charge in [0.25, 0.3) is 0 Å². The first-order valence-electron chi connectivity index (χ1n) is 8.40. The van der Waals surface area contributed by atoms with Gasteiger partial charge in [0.2, 0.25) is 0 Å². The smallest absolute Gasteiger partial charge is 0.410 e. The van der Waals surface area contributed by atoms with Crippen LogP contribution in [0.4, 0.5) is 4.79 Å². The fraction of sp³-hybridized carbons (Fsp3) is 0.611. The van der Waals surface area contributed by atoms with Crippen molar-refractivity contribution in [3.8, 4) is 0 Å². The average Bonchev–Trinajstić information content (AvgIpc) is 3.02. The van der Waals surface area contributed by atoms with Gasteiger partial charge in [-0.2, -0.15) is 0 Å². The highest BCUT2D eigenvalue weighted by Gasteiger charge is 2.29. The first-order valence-corrected chi connectivity index (χ1v) is 8.40. The van der Waals surface area contributed by atoms with Crippen LogP contribution < -0.4 is 0 Å². The highest BCUT2D eigenvalue weighted by molar-refractivity contribution is 5.68. The number of carbonyl (C=O) groups excluding carboxylic acids is 1. The summed E-state index contributed by atoms with van der Waals surface area (Å²) in [5, 5.41) is 9.15. The monoisotopic (exact) mass is 320 g/mol. The lowest BCUT2D eigenvalue weighted by atomic mass is 10.1. The third-order valence-corrected chi connectivity index (χ3v) is 4.36. The molecule has 1 aromatic carbocycles. The Labute approximate surface area is 138 Å². The van der Waals surface area contributed by atoms with Crippen LogP contribution in [0.3, 0.4) is 0 Å². The largest absolute Gasteiger partial charge is 0.445 e. The number of likely N-dealkylation sites (tertiary alicyclic amines) is 1. The summed E-state index contributed by atoms with van der Waals surface area (Å²) in [5.74, 6) is 0.452. The fourth-order valence-electron chi connectivity index (χ4n) is 2.98. The molecule has 23 heavy (non-hydrogen) atoms. The van der Waals surface area contributed by atoms with E-state index in [2.05, 4.69) is 18.7 Å². The summed E-state index contributed by atoms with van der Waals surface area (Å²) in [7, 11) is 0. The first kappa shape index (κ1) is 17.8. The summed E-state index contributed by atoms with van der Waals surface area (Å²) in [4.78, 5) is 16.2. The lowest BCUT2D eigenvalue weighted by Gasteiger charge is -2.28. The van der Waals surface area contributed by atoms with E-state index in [9.17, 15) is 4.79 Å². The van der Waals surface area contributed by atoms with E-state index in [1.165, 1.54) is 0 Å². The number of amides is 1. The zero-order chi connectivity index (χ0) is 16.7. The summed E-state index contributed by atoms with van der Waals surface area (Å²) in [6.45, 7) is 7.86. The van der Waals surface area contributed by atoms with Gasteiger partial charge in [-0.05, 0) is 31.7 Å². The van der Waals surface area contributed by atoms with Crippen molar-refractivity contribution >= 4 is 6.09 Å². The molecule has 0 aliphatic carbocycles. The third kappa shape index (κ3) is 5.52. The second kappa shape index (κ2) is 8.89. The normalized spacial score (nSPS) is 18.0. The van der Waals surface area contributed by atoms with Crippen molar-refractivity contribution in [1.82, 2.24) is 9.80 Å². The minimum atomic E-state index is -0.227. The van der Waals surface area contributed by atoms with Gasteiger partial charge in [-0.1, -0.05) is 30.3 Å². The number of aliphatic hydroxyl groups is 1. The molecule has 1 aromatic rings. The zero-order valence-corrected chi connectivity index (χ0v) is 14.1. The van der Waals surface area contributed by atoms with E-state index in [-0.39, 0.29) is 12.7 Å². The second-order valence-electron chi connectivity index (χ2n) is 6.45. The molecule has 2 rings (SSSR count). The molecule has 1 heterocycles. The van der Waals surface area contributed by atoms with Crippen molar-refractivity contribution in [2.45, 2.75) is 32.9 Å². The SMILES string of the molecule is CC(C)N(CCO)C[C@@H]1CCN(C(=O)OCc2ccccc2)C1. The summed E-state index contributed by atoms with van der Waals surface area (Å²) in [6.07, 6.45) is 0.768. The summed E-state index contributed by atoms with van der Waals surface area (Å²) < 4.78 is 5.39. The topological polar surface area (TPSA) is 53.0 Å². The van der Waals surface area contributed by atoms with E-state index in [0.29, 0.717) is 25.1 Å². The molecule has 128 valence electrons. The van der Waals surface area contributed by atoms with Crippen LogP contribution in [-0.4, -0.2) is 59.8 Å². The van der Waals surface area contributed by atoms with Crippen molar-refractivity contribution in [3.63, 3.8) is 0 Å². The van der Waals surface area contributed by atoms with Crippen molar-refractivity contribution in [2.75, 3.05) is 32.8 Å². The summed E-state index contributed by atoms with van der Waals surface area (Å²) in [5.41, 5.74) is 1.01. The molecule has 1 saturated heterocycles. The van der Waals surface area contributed by atoms with Gasteiger partial charge in [0, 0.05) is 32.2 Å². The zero-order valence-electron chi connectivity index (χ0n) is 14.1. The molecule has 5 heteroatoms. The minimum absolute atomic E-state index is 0.174. The molecule has 1 aliphatic heterocycles. The Balaban J connectivity index is 1.76. The second-order valence-corrected chi connectivity index (χ2v) is 6.45. The Morgan fingerprint density at radius 1 is 1.39 bits per heavy atom. The van der Waals surface area contributed by atoms with Crippen molar-refractivity contribution < 1.29 is 14.6 Å². The number of benzene rings is 1. The highest BCUT2D eigenvalue weighted by atomic mass is 16.6. The van der Waals surface area contributed by atoms with E-state index in [1.807, 2.05) is 30.3 Å². The van der Waals surface area contributed by atoms with Gasteiger partial charge in [-0.3, -0.25) is 4.90 Å². The third-order valence-electron chi connectivity index (χ3n) is 4.36. The molecule has 0 spiro atoms. The Morgan fingerprint density at radius 3 is 2.78 bits per heavy atom. The van der Waals surface area contributed by atoms with Gasteiger partial charge in [0.05, 0.1) is 6.61 Å². The van der Waals surface area contributed by atoms with E-state index in [4.69, 9.17) is 9.84 Å². The van der Waals surface area contributed by atoms with E-state index >= 15 is 0 Å². The molecule has 1 N–H and O–H groups in total. The number of rotatable bonds is 7. The molecule has 0 bridgehead atoms. The predicted octanol–water partition coefficient (Wildman–Crippen LogP) is 2.35.